The fraction of sp³-hybridized carbons (Fsp3) is 0.429. The van der Waals surface area contributed by atoms with Crippen LogP contribution < -0.4 is 16.4 Å². The monoisotopic (exact) mass is 295 g/mol. The second-order valence-corrected chi connectivity index (χ2v) is 4.86. The number of ether oxygens (including phenoxy) is 1. The van der Waals surface area contributed by atoms with Gasteiger partial charge in [0.1, 0.15) is 5.82 Å². The number of nitrogens with one attached hydrogen (secondary N) is 2. The number of hydrogen-bond acceptors (Lipinski definition) is 4. The first-order chi connectivity index (χ1) is 10.0. The Morgan fingerprint density at radius 2 is 2.19 bits per heavy atom. The number of halogens is 1. The van der Waals surface area contributed by atoms with Crippen LogP contribution in [0.25, 0.3) is 0 Å². The summed E-state index contributed by atoms with van der Waals surface area (Å²) in [5.74, 6) is -2.15. The Bertz CT molecular complexity index is 550. The molecule has 2 unspecified atom stereocenters. The second kappa shape index (κ2) is 6.64. The fourth-order valence-electron chi connectivity index (χ4n) is 2.30. The molecule has 1 aliphatic rings. The number of anilines is 1. The van der Waals surface area contributed by atoms with E-state index >= 15 is 0 Å². The predicted molar refractivity (Wildman–Crippen MR) is 75.3 cm³/mol. The molecule has 1 aliphatic heterocycles. The van der Waals surface area contributed by atoms with Crippen molar-refractivity contribution in [2.45, 2.75) is 13.0 Å². The molecule has 7 heteroatoms. The van der Waals surface area contributed by atoms with Crippen molar-refractivity contribution in [3.8, 4) is 0 Å². The van der Waals surface area contributed by atoms with Crippen molar-refractivity contribution in [1.29, 1.82) is 0 Å². The van der Waals surface area contributed by atoms with Crippen molar-refractivity contribution in [3.63, 3.8) is 0 Å². The van der Waals surface area contributed by atoms with Crippen LogP contribution in [0.1, 0.15) is 17.3 Å². The lowest BCUT2D eigenvalue weighted by atomic mass is 10.0. The maximum absolute atomic E-state index is 13.4. The van der Waals surface area contributed by atoms with E-state index in [0.717, 1.165) is 12.6 Å². The van der Waals surface area contributed by atoms with Crippen LogP contribution in [0.3, 0.4) is 0 Å². The molecule has 0 radical (unpaired) electrons. The molecule has 0 saturated carbocycles. The molecule has 2 rings (SSSR count). The van der Waals surface area contributed by atoms with Gasteiger partial charge in [-0.05, 0) is 24.7 Å². The van der Waals surface area contributed by atoms with E-state index in [2.05, 4.69) is 10.6 Å². The second-order valence-electron chi connectivity index (χ2n) is 4.86. The highest BCUT2D eigenvalue weighted by Gasteiger charge is 2.33. The molecule has 1 heterocycles. The Labute approximate surface area is 121 Å². The highest BCUT2D eigenvalue weighted by atomic mass is 19.1. The summed E-state index contributed by atoms with van der Waals surface area (Å²) in [5, 5.41) is 5.84. The van der Waals surface area contributed by atoms with Gasteiger partial charge < -0.3 is 21.1 Å². The molecule has 0 aliphatic carbocycles. The number of rotatable bonds is 5. The van der Waals surface area contributed by atoms with E-state index in [1.807, 2.05) is 6.92 Å². The standard InChI is InChI=1S/C14H18FN3O3/c1-2-17-12-7-21-6-10(12)14(20)18-8-3-4-11(15)9(5-8)13(16)19/h3-5,10,12,17H,2,6-7H2,1H3,(H2,16,19)(H,18,20). The van der Waals surface area contributed by atoms with Gasteiger partial charge >= 0.3 is 0 Å². The number of hydrogen-bond donors (Lipinski definition) is 3. The molecule has 0 bridgehead atoms. The number of benzene rings is 1. The maximum Gasteiger partial charge on any atom is 0.251 e. The highest BCUT2D eigenvalue weighted by Crippen LogP contribution is 2.19. The van der Waals surface area contributed by atoms with Crippen LogP contribution in [-0.2, 0) is 9.53 Å². The Balaban J connectivity index is 2.09. The van der Waals surface area contributed by atoms with Gasteiger partial charge in [-0.1, -0.05) is 6.92 Å². The lowest BCUT2D eigenvalue weighted by molar-refractivity contribution is -0.120. The lowest BCUT2D eigenvalue weighted by Gasteiger charge is -2.18. The van der Waals surface area contributed by atoms with Gasteiger partial charge in [0.2, 0.25) is 5.91 Å². The van der Waals surface area contributed by atoms with Crippen molar-refractivity contribution in [2.24, 2.45) is 11.7 Å². The molecule has 1 aromatic carbocycles. The summed E-state index contributed by atoms with van der Waals surface area (Å²) in [4.78, 5) is 23.3. The summed E-state index contributed by atoms with van der Waals surface area (Å²) in [6, 6.07) is 3.67. The molecule has 4 N–H and O–H groups in total. The van der Waals surface area contributed by atoms with E-state index in [9.17, 15) is 14.0 Å². The Hall–Kier alpha value is -1.99. The van der Waals surface area contributed by atoms with Crippen molar-refractivity contribution in [2.75, 3.05) is 25.1 Å². The normalized spacial score (nSPS) is 21.2. The van der Waals surface area contributed by atoms with Crippen molar-refractivity contribution >= 4 is 17.5 Å². The minimum atomic E-state index is -0.877. The maximum atomic E-state index is 13.4. The fourth-order valence-corrected chi connectivity index (χ4v) is 2.30. The zero-order valence-electron chi connectivity index (χ0n) is 11.7. The minimum absolute atomic E-state index is 0.0499. The van der Waals surface area contributed by atoms with E-state index in [-0.39, 0.29) is 23.4 Å². The zero-order chi connectivity index (χ0) is 15.4. The number of likely N-dealkylation sites (N-methyl/N-ethyl adjacent to an activating group) is 1. The third-order valence-corrected chi connectivity index (χ3v) is 3.38. The van der Waals surface area contributed by atoms with Gasteiger partial charge in [-0.3, -0.25) is 9.59 Å². The van der Waals surface area contributed by atoms with E-state index in [1.165, 1.54) is 12.1 Å². The van der Waals surface area contributed by atoms with Gasteiger partial charge in [-0.15, -0.1) is 0 Å². The quantitative estimate of drug-likeness (QED) is 0.737. The summed E-state index contributed by atoms with van der Waals surface area (Å²) in [6.07, 6.45) is 0. The van der Waals surface area contributed by atoms with Gasteiger partial charge in [-0.2, -0.15) is 0 Å². The summed E-state index contributed by atoms with van der Waals surface area (Å²) < 4.78 is 18.7. The SMILES string of the molecule is CCNC1COCC1C(=O)Nc1ccc(F)c(C(N)=O)c1. The van der Waals surface area contributed by atoms with Crippen molar-refractivity contribution < 1.29 is 18.7 Å². The van der Waals surface area contributed by atoms with Crippen LogP contribution in [0.4, 0.5) is 10.1 Å². The first-order valence-corrected chi connectivity index (χ1v) is 6.74. The van der Waals surface area contributed by atoms with Gasteiger partial charge in [0.15, 0.2) is 0 Å². The molecule has 2 amide bonds. The zero-order valence-corrected chi connectivity index (χ0v) is 11.7. The summed E-state index contributed by atoms with van der Waals surface area (Å²) >= 11 is 0. The summed E-state index contributed by atoms with van der Waals surface area (Å²) in [7, 11) is 0. The van der Waals surface area contributed by atoms with Crippen molar-refractivity contribution in [1.82, 2.24) is 5.32 Å². The molecule has 1 saturated heterocycles. The molecule has 0 spiro atoms. The number of carbonyl (C=O) groups excluding carboxylic acids is 2. The Morgan fingerprint density at radius 1 is 1.43 bits per heavy atom. The molecule has 21 heavy (non-hydrogen) atoms. The Kier molecular flexibility index (Phi) is 4.87. The average Bonchev–Trinajstić information content (AvgIpc) is 2.89. The third kappa shape index (κ3) is 3.56. The van der Waals surface area contributed by atoms with E-state index in [0.29, 0.717) is 18.9 Å². The molecule has 114 valence electrons. The van der Waals surface area contributed by atoms with Gasteiger partial charge in [0.25, 0.3) is 5.91 Å². The molecule has 6 nitrogen and oxygen atoms in total. The number of amides is 2. The Morgan fingerprint density at radius 3 is 2.86 bits per heavy atom. The number of primary amides is 1. The van der Waals surface area contributed by atoms with Crippen LogP contribution in [-0.4, -0.2) is 37.6 Å². The van der Waals surface area contributed by atoms with Gasteiger partial charge in [-0.25, -0.2) is 4.39 Å². The summed E-state index contributed by atoms with van der Waals surface area (Å²) in [6.45, 7) is 3.49. The molecule has 1 fully saturated rings. The largest absolute Gasteiger partial charge is 0.379 e. The van der Waals surface area contributed by atoms with E-state index in [4.69, 9.17) is 10.5 Å². The van der Waals surface area contributed by atoms with Gasteiger partial charge in [0.05, 0.1) is 24.7 Å². The average molecular weight is 295 g/mol. The first kappa shape index (κ1) is 15.4. The van der Waals surface area contributed by atoms with Crippen LogP contribution in [0, 0.1) is 11.7 Å². The van der Waals surface area contributed by atoms with Gasteiger partial charge in [0, 0.05) is 11.7 Å². The molecular weight excluding hydrogens is 277 g/mol. The minimum Gasteiger partial charge on any atom is -0.379 e. The van der Waals surface area contributed by atoms with Crippen LogP contribution in [0.2, 0.25) is 0 Å². The highest BCUT2D eigenvalue weighted by molar-refractivity contribution is 5.97. The van der Waals surface area contributed by atoms with Crippen LogP contribution in [0.15, 0.2) is 18.2 Å². The van der Waals surface area contributed by atoms with Crippen molar-refractivity contribution in [3.05, 3.63) is 29.6 Å². The lowest BCUT2D eigenvalue weighted by Crippen LogP contribution is -2.41. The van der Waals surface area contributed by atoms with E-state index in [1.54, 1.807) is 0 Å². The third-order valence-electron chi connectivity index (χ3n) is 3.38. The van der Waals surface area contributed by atoms with Crippen LogP contribution in [0.5, 0.6) is 0 Å². The molecule has 0 aromatic heterocycles. The molecule has 1 aromatic rings. The number of nitrogens with two attached hydrogens (primary N) is 1. The smallest absolute Gasteiger partial charge is 0.251 e. The predicted octanol–water partition coefficient (Wildman–Crippen LogP) is 0.488. The number of carbonyl (C=O) groups is 2. The molecule has 2 atom stereocenters. The summed E-state index contributed by atoms with van der Waals surface area (Å²) in [5.41, 5.74) is 5.16. The topological polar surface area (TPSA) is 93.4 Å². The first-order valence-electron chi connectivity index (χ1n) is 6.74. The van der Waals surface area contributed by atoms with E-state index < -0.39 is 11.7 Å². The van der Waals surface area contributed by atoms with Crippen LogP contribution >= 0.6 is 0 Å². The molecular formula is C14H18FN3O3.